The van der Waals surface area contributed by atoms with Gasteiger partial charge in [-0.05, 0) is 36.2 Å². The van der Waals surface area contributed by atoms with Gasteiger partial charge in [-0.3, -0.25) is 4.98 Å². The quantitative estimate of drug-likeness (QED) is 0.741. The molecule has 3 aromatic heterocycles. The molecule has 0 aliphatic heterocycles. The van der Waals surface area contributed by atoms with Crippen LogP contribution in [0.15, 0.2) is 42.9 Å². The number of hydrogen-bond donors (Lipinski definition) is 1. The van der Waals surface area contributed by atoms with Gasteiger partial charge in [0.25, 0.3) is 0 Å². The predicted molar refractivity (Wildman–Crippen MR) is 65.5 cm³/mol. The lowest BCUT2D eigenvalue weighted by Gasteiger charge is -1.97. The van der Waals surface area contributed by atoms with Crippen molar-refractivity contribution in [2.75, 3.05) is 0 Å². The Morgan fingerprint density at radius 3 is 2.71 bits per heavy atom. The van der Waals surface area contributed by atoms with Crippen LogP contribution < -0.4 is 0 Å². The van der Waals surface area contributed by atoms with E-state index in [1.54, 1.807) is 6.20 Å². The zero-order chi connectivity index (χ0) is 11.5. The number of fused-ring (bicyclic) bond motifs is 1. The lowest BCUT2D eigenvalue weighted by Crippen LogP contribution is -1.93. The molecule has 3 rings (SSSR count). The van der Waals surface area contributed by atoms with Crippen molar-refractivity contribution >= 4 is 11.2 Å². The van der Waals surface area contributed by atoms with E-state index < -0.39 is 0 Å². The molecule has 0 atom stereocenters. The highest BCUT2D eigenvalue weighted by Crippen LogP contribution is 2.09. The molecule has 0 amide bonds. The Morgan fingerprint density at radius 2 is 1.88 bits per heavy atom. The number of hydrogen-bond acceptors (Lipinski definition) is 3. The normalized spacial score (nSPS) is 10.8. The highest BCUT2D eigenvalue weighted by molar-refractivity contribution is 5.69. The number of aromatic amines is 1. The Bertz CT molecular complexity index is 582. The Morgan fingerprint density at radius 1 is 1.00 bits per heavy atom. The maximum Gasteiger partial charge on any atom is 0.177 e. The van der Waals surface area contributed by atoms with E-state index in [4.69, 9.17) is 0 Å². The van der Waals surface area contributed by atoms with E-state index >= 15 is 0 Å². The second kappa shape index (κ2) is 4.33. The van der Waals surface area contributed by atoms with E-state index in [9.17, 15) is 0 Å². The third-order valence-corrected chi connectivity index (χ3v) is 2.71. The Kier molecular flexibility index (Phi) is 2.54. The summed E-state index contributed by atoms with van der Waals surface area (Å²) in [6, 6.07) is 7.96. The van der Waals surface area contributed by atoms with Gasteiger partial charge in [0, 0.05) is 25.0 Å². The van der Waals surface area contributed by atoms with E-state index in [0.717, 1.165) is 29.8 Å². The SMILES string of the molecule is c1cnc2nc(CCc3ccncc3)[nH]c2c1. The zero-order valence-corrected chi connectivity index (χ0v) is 9.30. The predicted octanol–water partition coefficient (Wildman–Crippen LogP) is 2.14. The fraction of sp³-hybridized carbons (Fsp3) is 0.154. The number of imidazole rings is 1. The summed E-state index contributed by atoms with van der Waals surface area (Å²) in [6.07, 6.45) is 7.24. The van der Waals surface area contributed by atoms with Crippen molar-refractivity contribution in [1.29, 1.82) is 0 Å². The van der Waals surface area contributed by atoms with Crippen LogP contribution in [0, 0.1) is 0 Å². The molecule has 1 N–H and O–H groups in total. The molecule has 4 nitrogen and oxygen atoms in total. The number of rotatable bonds is 3. The van der Waals surface area contributed by atoms with E-state index in [1.165, 1.54) is 5.56 Å². The first kappa shape index (κ1) is 9.96. The largest absolute Gasteiger partial charge is 0.341 e. The summed E-state index contributed by atoms with van der Waals surface area (Å²) in [5.41, 5.74) is 3.06. The van der Waals surface area contributed by atoms with Crippen LogP contribution in [0.1, 0.15) is 11.4 Å². The molecule has 0 bridgehead atoms. The summed E-state index contributed by atoms with van der Waals surface area (Å²) in [6.45, 7) is 0. The Labute approximate surface area is 98.8 Å². The van der Waals surface area contributed by atoms with Gasteiger partial charge < -0.3 is 4.98 Å². The molecule has 0 aliphatic carbocycles. The van der Waals surface area contributed by atoms with E-state index in [2.05, 4.69) is 19.9 Å². The molecule has 0 fully saturated rings. The minimum atomic E-state index is 0.789. The first-order chi connectivity index (χ1) is 8.42. The summed E-state index contributed by atoms with van der Waals surface area (Å²) < 4.78 is 0. The number of nitrogens with zero attached hydrogens (tertiary/aromatic N) is 3. The molecule has 17 heavy (non-hydrogen) atoms. The fourth-order valence-corrected chi connectivity index (χ4v) is 1.83. The summed E-state index contributed by atoms with van der Waals surface area (Å²) >= 11 is 0. The third kappa shape index (κ3) is 2.15. The van der Waals surface area contributed by atoms with Crippen LogP contribution in [0.2, 0.25) is 0 Å². The van der Waals surface area contributed by atoms with Crippen molar-refractivity contribution < 1.29 is 0 Å². The third-order valence-electron chi connectivity index (χ3n) is 2.71. The van der Waals surface area contributed by atoms with Crippen LogP contribution in [-0.4, -0.2) is 19.9 Å². The van der Waals surface area contributed by atoms with E-state index in [0.29, 0.717) is 0 Å². The van der Waals surface area contributed by atoms with Crippen LogP contribution in [0.4, 0.5) is 0 Å². The summed E-state index contributed by atoms with van der Waals surface area (Å²) in [7, 11) is 0. The number of H-pyrrole nitrogens is 1. The molecule has 3 aromatic rings. The molecule has 0 aromatic carbocycles. The second-order valence-electron chi connectivity index (χ2n) is 3.91. The van der Waals surface area contributed by atoms with Gasteiger partial charge in [-0.1, -0.05) is 0 Å². The zero-order valence-electron chi connectivity index (χ0n) is 9.30. The number of aromatic nitrogens is 4. The van der Waals surface area contributed by atoms with E-state index in [-0.39, 0.29) is 0 Å². The van der Waals surface area contributed by atoms with Crippen molar-refractivity contribution in [1.82, 2.24) is 19.9 Å². The number of nitrogens with one attached hydrogen (secondary N) is 1. The van der Waals surface area contributed by atoms with Gasteiger partial charge in [0.15, 0.2) is 5.65 Å². The van der Waals surface area contributed by atoms with Crippen LogP contribution >= 0.6 is 0 Å². The van der Waals surface area contributed by atoms with Crippen LogP contribution in [0.25, 0.3) is 11.2 Å². The molecule has 0 saturated carbocycles. The maximum atomic E-state index is 4.45. The van der Waals surface area contributed by atoms with Crippen molar-refractivity contribution in [2.45, 2.75) is 12.8 Å². The van der Waals surface area contributed by atoms with Gasteiger partial charge in [-0.2, -0.15) is 0 Å². The highest BCUT2D eigenvalue weighted by Gasteiger charge is 2.02. The topological polar surface area (TPSA) is 54.5 Å². The smallest absolute Gasteiger partial charge is 0.177 e. The maximum absolute atomic E-state index is 4.45. The molecular formula is C13H12N4. The summed E-state index contributed by atoms with van der Waals surface area (Å²) in [5, 5.41) is 0. The molecular weight excluding hydrogens is 212 g/mol. The van der Waals surface area contributed by atoms with Crippen LogP contribution in [0.5, 0.6) is 0 Å². The Hall–Kier alpha value is -2.23. The van der Waals surface area contributed by atoms with Crippen molar-refractivity contribution in [2.24, 2.45) is 0 Å². The Balaban J connectivity index is 1.77. The van der Waals surface area contributed by atoms with Gasteiger partial charge in [-0.25, -0.2) is 9.97 Å². The van der Waals surface area contributed by atoms with Crippen molar-refractivity contribution in [3.05, 3.63) is 54.2 Å². The van der Waals surface area contributed by atoms with E-state index in [1.807, 2.05) is 36.7 Å². The van der Waals surface area contributed by atoms with Gasteiger partial charge in [0.2, 0.25) is 0 Å². The second-order valence-corrected chi connectivity index (χ2v) is 3.91. The summed E-state index contributed by atoms with van der Waals surface area (Å²) in [5.74, 6) is 0.982. The number of pyridine rings is 2. The molecule has 0 radical (unpaired) electrons. The average Bonchev–Trinajstić information content (AvgIpc) is 2.80. The highest BCUT2D eigenvalue weighted by atomic mass is 15.0. The minimum absolute atomic E-state index is 0.789. The average molecular weight is 224 g/mol. The van der Waals surface area contributed by atoms with Gasteiger partial charge in [-0.15, -0.1) is 0 Å². The minimum Gasteiger partial charge on any atom is -0.341 e. The lowest BCUT2D eigenvalue weighted by atomic mass is 10.1. The van der Waals surface area contributed by atoms with Crippen LogP contribution in [-0.2, 0) is 12.8 Å². The van der Waals surface area contributed by atoms with Crippen molar-refractivity contribution in [3.63, 3.8) is 0 Å². The van der Waals surface area contributed by atoms with Gasteiger partial charge >= 0.3 is 0 Å². The van der Waals surface area contributed by atoms with Crippen LogP contribution in [0.3, 0.4) is 0 Å². The van der Waals surface area contributed by atoms with Gasteiger partial charge in [0.05, 0.1) is 5.52 Å². The summed E-state index contributed by atoms with van der Waals surface area (Å²) in [4.78, 5) is 15.9. The fourth-order valence-electron chi connectivity index (χ4n) is 1.83. The standard InChI is InChI=1S/C13H12N4/c1-2-11-13(15-7-1)17-12(16-11)4-3-10-5-8-14-9-6-10/h1-2,5-9H,3-4H2,(H,15,16,17). The number of aryl methyl sites for hydroxylation is 2. The molecule has 3 heterocycles. The van der Waals surface area contributed by atoms with Crippen molar-refractivity contribution in [3.8, 4) is 0 Å². The first-order valence-corrected chi connectivity index (χ1v) is 5.60. The lowest BCUT2D eigenvalue weighted by molar-refractivity contribution is 0.886. The molecule has 0 aliphatic rings. The molecule has 84 valence electrons. The molecule has 4 heteroatoms. The molecule has 0 unspecified atom stereocenters. The van der Waals surface area contributed by atoms with Gasteiger partial charge in [0.1, 0.15) is 5.82 Å². The first-order valence-electron chi connectivity index (χ1n) is 5.60. The molecule has 0 saturated heterocycles. The monoisotopic (exact) mass is 224 g/mol. The molecule has 0 spiro atoms.